The summed E-state index contributed by atoms with van der Waals surface area (Å²) in [5, 5.41) is 9.79. The van der Waals surface area contributed by atoms with Crippen molar-refractivity contribution >= 4 is 22.5 Å². The van der Waals surface area contributed by atoms with Gasteiger partial charge in [-0.1, -0.05) is 60.1 Å². The minimum atomic E-state index is -6.05. The van der Waals surface area contributed by atoms with Crippen LogP contribution in [-0.2, 0) is 12.0 Å². The first-order valence-electron chi connectivity index (χ1n) is 12.0. The zero-order valence-electron chi connectivity index (χ0n) is 20.7. The van der Waals surface area contributed by atoms with Gasteiger partial charge in [-0.3, -0.25) is 14.3 Å². The lowest BCUT2D eigenvalue weighted by atomic mass is 9.92. The van der Waals surface area contributed by atoms with Crippen LogP contribution in [-0.4, -0.2) is 32.0 Å². The Hall–Kier alpha value is -4.22. The number of aromatic nitrogens is 3. The number of aliphatic hydroxyl groups is 1. The standard InChI is InChI=1S/C29H18ClF6N3O2/c30-25-20(21-8-4-5-15-37-21)13-14-22-24(25)26(40)39(23(38-22)16-17-6-2-1-3-7-17)19-11-9-18(10-12-19)27(41,28(31,32)33)29(34,35)36/h1-15,41H,16H2. The van der Waals surface area contributed by atoms with Gasteiger partial charge in [-0.2, -0.15) is 26.3 Å². The molecule has 5 rings (SSSR count). The van der Waals surface area contributed by atoms with Gasteiger partial charge in [0.05, 0.1) is 27.3 Å². The van der Waals surface area contributed by atoms with Gasteiger partial charge in [0.15, 0.2) is 0 Å². The Morgan fingerprint density at radius 2 is 1.44 bits per heavy atom. The predicted octanol–water partition coefficient (Wildman–Crippen LogP) is 7.00. The van der Waals surface area contributed by atoms with Crippen LogP contribution < -0.4 is 5.56 Å². The van der Waals surface area contributed by atoms with Crippen LogP contribution in [0, 0.1) is 0 Å². The van der Waals surface area contributed by atoms with E-state index in [4.69, 9.17) is 11.6 Å². The Morgan fingerprint density at radius 3 is 2.02 bits per heavy atom. The van der Waals surface area contributed by atoms with E-state index in [0.717, 1.165) is 22.3 Å². The molecule has 0 bridgehead atoms. The van der Waals surface area contributed by atoms with Crippen molar-refractivity contribution in [2.45, 2.75) is 24.4 Å². The third kappa shape index (κ3) is 4.95. The summed E-state index contributed by atoms with van der Waals surface area (Å²) in [6.07, 6.45) is -10.5. The number of pyridine rings is 1. The van der Waals surface area contributed by atoms with Gasteiger partial charge in [-0.15, -0.1) is 0 Å². The highest BCUT2D eigenvalue weighted by Crippen LogP contribution is 2.50. The molecule has 0 saturated heterocycles. The second-order valence-electron chi connectivity index (χ2n) is 9.12. The molecule has 0 saturated carbocycles. The fourth-order valence-corrected chi connectivity index (χ4v) is 4.84. The maximum atomic E-state index is 14.0. The molecule has 12 heteroatoms. The first-order valence-corrected chi connectivity index (χ1v) is 12.4. The monoisotopic (exact) mass is 589 g/mol. The highest BCUT2D eigenvalue weighted by molar-refractivity contribution is 6.38. The van der Waals surface area contributed by atoms with Crippen molar-refractivity contribution in [3.05, 3.63) is 123 Å². The molecule has 3 aromatic carbocycles. The van der Waals surface area contributed by atoms with Crippen molar-refractivity contribution in [1.29, 1.82) is 0 Å². The lowest BCUT2D eigenvalue weighted by molar-refractivity contribution is -0.376. The summed E-state index contributed by atoms with van der Waals surface area (Å²) in [5.74, 6) is 0.157. The number of hydrogen-bond donors (Lipinski definition) is 1. The van der Waals surface area contributed by atoms with Crippen LogP contribution >= 0.6 is 11.6 Å². The minimum absolute atomic E-state index is 0.0159. The summed E-state index contributed by atoms with van der Waals surface area (Å²) in [5.41, 5.74) is -5.46. The van der Waals surface area contributed by atoms with E-state index in [2.05, 4.69) is 9.97 Å². The number of nitrogens with zero attached hydrogens (tertiary/aromatic N) is 3. The number of benzene rings is 3. The number of rotatable bonds is 5. The SMILES string of the molecule is O=c1c2c(Cl)c(-c3ccccn3)ccc2nc(Cc2ccccc2)n1-c1ccc(C(O)(C(F)(F)F)C(F)(F)F)cc1. The molecule has 5 nitrogen and oxygen atoms in total. The molecule has 0 aliphatic carbocycles. The first kappa shape index (κ1) is 28.3. The number of hydrogen-bond acceptors (Lipinski definition) is 4. The average molecular weight is 590 g/mol. The maximum absolute atomic E-state index is 14.0. The molecule has 0 atom stereocenters. The molecule has 210 valence electrons. The first-order chi connectivity index (χ1) is 19.3. The van der Waals surface area contributed by atoms with Crippen LogP contribution in [0.4, 0.5) is 26.3 Å². The Labute approximate surface area is 233 Å². The molecule has 1 N–H and O–H groups in total. The fourth-order valence-electron chi connectivity index (χ4n) is 4.50. The van der Waals surface area contributed by atoms with Crippen molar-refractivity contribution < 1.29 is 31.4 Å². The summed E-state index contributed by atoms with van der Waals surface area (Å²) in [6.45, 7) is 0. The quantitative estimate of drug-likeness (QED) is 0.224. The Balaban J connectivity index is 1.74. The highest BCUT2D eigenvalue weighted by Gasteiger charge is 2.71. The summed E-state index contributed by atoms with van der Waals surface area (Å²) in [7, 11) is 0. The fraction of sp³-hybridized carbons (Fsp3) is 0.138. The second-order valence-corrected chi connectivity index (χ2v) is 9.50. The molecule has 2 heterocycles. The zero-order valence-corrected chi connectivity index (χ0v) is 21.5. The Bertz CT molecular complexity index is 1760. The lowest BCUT2D eigenvalue weighted by Crippen LogP contribution is -2.53. The molecule has 41 heavy (non-hydrogen) atoms. The maximum Gasteiger partial charge on any atom is 0.430 e. The van der Waals surface area contributed by atoms with Crippen LogP contribution in [0.1, 0.15) is 17.0 Å². The van der Waals surface area contributed by atoms with Gasteiger partial charge in [0.25, 0.3) is 11.2 Å². The number of halogens is 7. The van der Waals surface area contributed by atoms with E-state index in [9.17, 15) is 36.2 Å². The van der Waals surface area contributed by atoms with Crippen LogP contribution in [0.25, 0.3) is 27.8 Å². The summed E-state index contributed by atoms with van der Waals surface area (Å²) in [4.78, 5) is 22.8. The van der Waals surface area contributed by atoms with Crippen LogP contribution in [0.3, 0.4) is 0 Å². The van der Waals surface area contributed by atoms with Crippen molar-refractivity contribution in [1.82, 2.24) is 14.5 Å². The molecule has 0 aliphatic heterocycles. The van der Waals surface area contributed by atoms with E-state index in [0.29, 0.717) is 23.4 Å². The van der Waals surface area contributed by atoms with E-state index < -0.39 is 29.1 Å². The van der Waals surface area contributed by atoms with Crippen molar-refractivity contribution in [2.24, 2.45) is 0 Å². The third-order valence-corrected chi connectivity index (χ3v) is 6.95. The molecule has 0 radical (unpaired) electrons. The van der Waals surface area contributed by atoms with Crippen LogP contribution in [0.15, 0.2) is 95.9 Å². The molecule has 0 amide bonds. The van der Waals surface area contributed by atoms with Crippen molar-refractivity contribution in [3.63, 3.8) is 0 Å². The zero-order chi connectivity index (χ0) is 29.6. The van der Waals surface area contributed by atoms with Gasteiger partial charge in [0.2, 0.25) is 0 Å². The summed E-state index contributed by atoms with van der Waals surface area (Å²) < 4.78 is 81.6. The molecule has 5 aromatic rings. The molecule has 0 fully saturated rings. The molecule has 2 aromatic heterocycles. The largest absolute Gasteiger partial charge is 0.430 e. The molecule has 0 unspecified atom stereocenters. The number of fused-ring (bicyclic) bond motifs is 1. The van der Waals surface area contributed by atoms with Crippen LogP contribution in [0.5, 0.6) is 0 Å². The van der Waals surface area contributed by atoms with Gasteiger partial charge in [0, 0.05) is 23.7 Å². The van der Waals surface area contributed by atoms with Crippen LogP contribution in [0.2, 0.25) is 5.02 Å². The minimum Gasteiger partial charge on any atom is -0.369 e. The summed E-state index contributed by atoms with van der Waals surface area (Å²) >= 11 is 6.66. The van der Waals surface area contributed by atoms with Gasteiger partial charge in [-0.25, -0.2) is 4.98 Å². The van der Waals surface area contributed by atoms with E-state index in [1.54, 1.807) is 66.9 Å². The lowest BCUT2D eigenvalue weighted by Gasteiger charge is -2.32. The van der Waals surface area contributed by atoms with Gasteiger partial charge in [0.1, 0.15) is 5.82 Å². The third-order valence-electron chi connectivity index (χ3n) is 6.55. The normalized spacial score (nSPS) is 12.6. The molecule has 0 spiro atoms. The predicted molar refractivity (Wildman–Crippen MR) is 141 cm³/mol. The van der Waals surface area contributed by atoms with E-state index in [1.807, 2.05) is 0 Å². The van der Waals surface area contributed by atoms with Crippen molar-refractivity contribution in [2.75, 3.05) is 0 Å². The second kappa shape index (κ2) is 10.3. The van der Waals surface area contributed by atoms with E-state index in [1.165, 1.54) is 0 Å². The molecular formula is C29H18ClF6N3O2. The van der Waals surface area contributed by atoms with Gasteiger partial charge in [-0.05, 0) is 42.0 Å². The van der Waals surface area contributed by atoms with E-state index in [-0.39, 0.29) is 33.9 Å². The van der Waals surface area contributed by atoms with Gasteiger partial charge >= 0.3 is 12.4 Å². The van der Waals surface area contributed by atoms with Gasteiger partial charge < -0.3 is 5.11 Å². The van der Waals surface area contributed by atoms with E-state index >= 15 is 0 Å². The molecular weight excluding hydrogens is 572 g/mol. The highest BCUT2D eigenvalue weighted by atomic mass is 35.5. The average Bonchev–Trinajstić information content (AvgIpc) is 2.93. The smallest absolute Gasteiger partial charge is 0.369 e. The molecule has 0 aliphatic rings. The summed E-state index contributed by atoms with van der Waals surface area (Å²) in [6, 6.07) is 19.9. The number of alkyl halides is 6. The van der Waals surface area contributed by atoms with Crippen molar-refractivity contribution in [3.8, 4) is 16.9 Å². The Kier molecular flexibility index (Phi) is 7.12. The Morgan fingerprint density at radius 1 is 0.805 bits per heavy atom. The topological polar surface area (TPSA) is 68.0 Å².